The first-order valence-corrected chi connectivity index (χ1v) is 7.57. The molecule has 26 heavy (non-hydrogen) atoms. The van der Waals surface area contributed by atoms with Gasteiger partial charge in [0.05, 0.1) is 5.39 Å². The molecule has 0 spiro atoms. The Bertz CT molecular complexity index is 1100. The lowest BCUT2D eigenvalue weighted by Gasteiger charge is -2.09. The largest absolute Gasteiger partial charge is 0.476 e. The molecular weight excluding hydrogens is 340 g/mol. The average molecular weight is 354 g/mol. The van der Waals surface area contributed by atoms with Crippen LogP contribution >= 0.6 is 0 Å². The molecule has 0 saturated heterocycles. The fourth-order valence-electron chi connectivity index (χ4n) is 2.56. The van der Waals surface area contributed by atoms with Crippen molar-refractivity contribution in [3.8, 4) is 0 Å². The van der Waals surface area contributed by atoms with Crippen LogP contribution in [0.25, 0.3) is 10.8 Å². The number of carboxylic acids is 1. The lowest BCUT2D eigenvalue weighted by Crippen LogP contribution is -2.38. The van der Waals surface area contributed by atoms with Crippen molar-refractivity contribution < 1.29 is 19.5 Å². The number of carbonyl (C=O) groups is 3. The highest BCUT2D eigenvalue weighted by Gasteiger charge is 2.18. The quantitative estimate of drug-likeness (QED) is 0.699. The second-order valence-electron chi connectivity index (χ2n) is 5.54. The van der Waals surface area contributed by atoms with E-state index in [0.29, 0.717) is 0 Å². The van der Waals surface area contributed by atoms with Gasteiger partial charge in [-0.05, 0) is 18.2 Å². The molecule has 0 unspecified atom stereocenters. The van der Waals surface area contributed by atoms with Gasteiger partial charge in [0.25, 0.3) is 11.5 Å². The molecule has 9 nitrogen and oxygen atoms in total. The van der Waals surface area contributed by atoms with Crippen molar-refractivity contribution >= 4 is 28.6 Å². The molecular formula is C17H14N4O5. The van der Waals surface area contributed by atoms with Crippen LogP contribution in [0.2, 0.25) is 0 Å². The Morgan fingerprint density at radius 1 is 1.12 bits per heavy atom. The van der Waals surface area contributed by atoms with Crippen molar-refractivity contribution in [2.75, 3.05) is 0 Å². The summed E-state index contributed by atoms with van der Waals surface area (Å²) in [6.07, 6.45) is 1.65. The maximum Gasteiger partial charge on any atom is 0.357 e. The van der Waals surface area contributed by atoms with Gasteiger partial charge in [0, 0.05) is 18.6 Å². The van der Waals surface area contributed by atoms with E-state index in [1.807, 2.05) is 0 Å². The number of carboxylic acid groups (broad SMARTS) is 1. The van der Waals surface area contributed by atoms with Gasteiger partial charge >= 0.3 is 5.97 Å². The first-order valence-electron chi connectivity index (χ1n) is 7.57. The summed E-state index contributed by atoms with van der Waals surface area (Å²) in [5.74, 6) is -2.73. The maximum atomic E-state index is 12.4. The topological polar surface area (TPSA) is 123 Å². The van der Waals surface area contributed by atoms with Gasteiger partial charge < -0.3 is 9.67 Å². The summed E-state index contributed by atoms with van der Waals surface area (Å²) in [7, 11) is 1.65. The lowest BCUT2D eigenvalue weighted by atomic mass is 10.1. The van der Waals surface area contributed by atoms with Gasteiger partial charge in [-0.2, -0.15) is 5.10 Å². The molecule has 0 saturated carbocycles. The summed E-state index contributed by atoms with van der Waals surface area (Å²) in [5, 5.41) is 15.5. The van der Waals surface area contributed by atoms with Gasteiger partial charge in [0.2, 0.25) is 5.91 Å². The molecule has 0 radical (unpaired) electrons. The number of hydrogen-bond donors (Lipinski definition) is 2. The fraction of sp³-hybridized carbons (Fsp3) is 0.118. The molecule has 3 rings (SSSR count). The predicted molar refractivity (Wildman–Crippen MR) is 90.8 cm³/mol. The van der Waals surface area contributed by atoms with Gasteiger partial charge in [-0.25, -0.2) is 9.48 Å². The molecule has 2 heterocycles. The number of amides is 2. The zero-order chi connectivity index (χ0) is 18.8. The third-order valence-electron chi connectivity index (χ3n) is 3.79. The van der Waals surface area contributed by atoms with Crippen LogP contribution < -0.4 is 10.9 Å². The number of carbonyl (C=O) groups excluding carboxylic acids is 2. The Kier molecular flexibility index (Phi) is 4.36. The highest BCUT2D eigenvalue weighted by Crippen LogP contribution is 2.13. The number of aromatic carboxylic acids is 1. The van der Waals surface area contributed by atoms with E-state index < -0.39 is 29.9 Å². The highest BCUT2D eigenvalue weighted by atomic mass is 16.4. The SMILES string of the molecule is Cn1cccc1C(=O)NC(=O)Cn1nc(C(=O)O)c2ccccc2c1=O. The Morgan fingerprint density at radius 2 is 1.81 bits per heavy atom. The summed E-state index contributed by atoms with van der Waals surface area (Å²) < 4.78 is 2.27. The normalized spacial score (nSPS) is 10.7. The number of nitrogens with one attached hydrogen (secondary N) is 1. The Labute approximate surface area is 146 Å². The van der Waals surface area contributed by atoms with E-state index >= 15 is 0 Å². The standard InChI is InChI=1S/C17H14N4O5/c1-20-8-4-7-12(20)15(23)18-13(22)9-21-16(24)11-6-3-2-5-10(11)14(19-21)17(25)26/h2-8H,9H2,1H3,(H,25,26)(H,18,22,23). The molecule has 0 fully saturated rings. The second-order valence-corrected chi connectivity index (χ2v) is 5.54. The minimum absolute atomic E-state index is 0.126. The summed E-state index contributed by atoms with van der Waals surface area (Å²) >= 11 is 0. The third kappa shape index (κ3) is 3.09. The summed E-state index contributed by atoms with van der Waals surface area (Å²) in [6, 6.07) is 9.27. The molecule has 2 aromatic heterocycles. The molecule has 132 valence electrons. The number of aryl methyl sites for hydroxylation is 1. The van der Waals surface area contributed by atoms with E-state index in [1.165, 1.54) is 22.8 Å². The molecule has 0 bridgehead atoms. The van der Waals surface area contributed by atoms with Gasteiger partial charge in [-0.3, -0.25) is 19.7 Å². The van der Waals surface area contributed by atoms with Crippen LogP contribution in [-0.4, -0.2) is 37.2 Å². The van der Waals surface area contributed by atoms with Gasteiger partial charge in [-0.1, -0.05) is 18.2 Å². The molecule has 0 aliphatic rings. The number of imide groups is 1. The Balaban J connectivity index is 1.91. The first kappa shape index (κ1) is 17.1. The van der Waals surface area contributed by atoms with Crippen molar-refractivity contribution in [3.63, 3.8) is 0 Å². The summed E-state index contributed by atoms with van der Waals surface area (Å²) in [5.41, 5.74) is -0.697. The van der Waals surface area contributed by atoms with Gasteiger partial charge in [0.15, 0.2) is 5.69 Å². The van der Waals surface area contributed by atoms with Crippen molar-refractivity contribution in [1.29, 1.82) is 0 Å². The number of rotatable bonds is 4. The van der Waals surface area contributed by atoms with Crippen molar-refractivity contribution in [1.82, 2.24) is 19.7 Å². The maximum absolute atomic E-state index is 12.4. The monoisotopic (exact) mass is 354 g/mol. The van der Waals surface area contributed by atoms with Crippen LogP contribution in [0, 0.1) is 0 Å². The van der Waals surface area contributed by atoms with Crippen LogP contribution in [0.4, 0.5) is 0 Å². The molecule has 2 N–H and O–H groups in total. The Morgan fingerprint density at radius 3 is 2.42 bits per heavy atom. The van der Waals surface area contributed by atoms with Crippen molar-refractivity contribution in [2.24, 2.45) is 7.05 Å². The zero-order valence-corrected chi connectivity index (χ0v) is 13.7. The van der Waals surface area contributed by atoms with Crippen LogP contribution in [0.15, 0.2) is 47.4 Å². The van der Waals surface area contributed by atoms with Gasteiger partial charge in [0.1, 0.15) is 12.2 Å². The molecule has 0 aliphatic heterocycles. The number of aromatic nitrogens is 3. The summed E-state index contributed by atoms with van der Waals surface area (Å²) in [4.78, 5) is 48.0. The number of fused-ring (bicyclic) bond motifs is 1. The van der Waals surface area contributed by atoms with E-state index in [0.717, 1.165) is 4.68 Å². The van der Waals surface area contributed by atoms with Crippen LogP contribution in [0.5, 0.6) is 0 Å². The molecule has 0 atom stereocenters. The van der Waals surface area contributed by atoms with E-state index in [4.69, 9.17) is 0 Å². The minimum atomic E-state index is -1.32. The first-order chi connectivity index (χ1) is 12.4. The average Bonchev–Trinajstić information content (AvgIpc) is 3.03. The third-order valence-corrected chi connectivity index (χ3v) is 3.79. The molecule has 9 heteroatoms. The molecule has 3 aromatic rings. The Hall–Kier alpha value is -3.75. The number of nitrogens with zero attached hydrogens (tertiary/aromatic N) is 3. The number of benzene rings is 1. The van der Waals surface area contributed by atoms with Gasteiger partial charge in [-0.15, -0.1) is 0 Å². The fourth-order valence-corrected chi connectivity index (χ4v) is 2.56. The molecule has 0 aliphatic carbocycles. The van der Waals surface area contributed by atoms with Crippen LogP contribution in [-0.2, 0) is 18.4 Å². The zero-order valence-electron chi connectivity index (χ0n) is 13.7. The number of hydrogen-bond acceptors (Lipinski definition) is 5. The molecule has 2 amide bonds. The van der Waals surface area contributed by atoms with Crippen molar-refractivity contribution in [3.05, 3.63) is 64.3 Å². The second kappa shape index (κ2) is 6.63. The van der Waals surface area contributed by atoms with Crippen LogP contribution in [0.3, 0.4) is 0 Å². The van der Waals surface area contributed by atoms with Crippen molar-refractivity contribution in [2.45, 2.75) is 6.54 Å². The van der Waals surface area contributed by atoms with E-state index in [1.54, 1.807) is 31.4 Å². The van der Waals surface area contributed by atoms with E-state index in [-0.39, 0.29) is 22.2 Å². The lowest BCUT2D eigenvalue weighted by molar-refractivity contribution is -0.120. The van der Waals surface area contributed by atoms with E-state index in [2.05, 4.69) is 10.4 Å². The van der Waals surface area contributed by atoms with E-state index in [9.17, 15) is 24.3 Å². The predicted octanol–water partition coefficient (Wildman–Crippen LogP) is 0.390. The minimum Gasteiger partial charge on any atom is -0.476 e. The van der Waals surface area contributed by atoms with Crippen LogP contribution in [0.1, 0.15) is 21.0 Å². The molecule has 1 aromatic carbocycles. The highest BCUT2D eigenvalue weighted by molar-refractivity contribution is 6.04. The smallest absolute Gasteiger partial charge is 0.357 e. The summed E-state index contributed by atoms with van der Waals surface area (Å²) in [6.45, 7) is -0.583.